The molecule has 0 saturated carbocycles. The molecule has 2 aromatic rings. The van der Waals surface area contributed by atoms with E-state index in [1.54, 1.807) is 25.1 Å². The van der Waals surface area contributed by atoms with Gasteiger partial charge in [0.25, 0.3) is 0 Å². The van der Waals surface area contributed by atoms with Gasteiger partial charge in [-0.05, 0) is 37.3 Å². The van der Waals surface area contributed by atoms with Crippen LogP contribution in [0.1, 0.15) is 17.3 Å². The van der Waals surface area contributed by atoms with Crippen LogP contribution in [0, 0.1) is 5.82 Å². The van der Waals surface area contributed by atoms with Crippen LogP contribution in [0.15, 0.2) is 36.5 Å². The number of anilines is 2. The molecule has 20 heavy (non-hydrogen) atoms. The minimum atomic E-state index is -0.478. The molecule has 1 N–H and O–H groups in total. The van der Waals surface area contributed by atoms with Crippen LogP contribution in [0.3, 0.4) is 0 Å². The third-order valence-electron chi connectivity index (χ3n) is 2.47. The first-order valence-electron chi connectivity index (χ1n) is 5.95. The molecule has 4 nitrogen and oxygen atoms in total. The number of halogens is 2. The predicted octanol–water partition coefficient (Wildman–Crippen LogP) is 3.79. The van der Waals surface area contributed by atoms with Crippen molar-refractivity contribution in [3.05, 3.63) is 52.9 Å². The van der Waals surface area contributed by atoms with Crippen molar-refractivity contribution in [3.8, 4) is 0 Å². The number of pyridine rings is 1. The number of ether oxygens (including phenoxy) is 1. The third kappa shape index (κ3) is 3.45. The summed E-state index contributed by atoms with van der Waals surface area (Å²) in [6.07, 6.45) is 1.37. The summed E-state index contributed by atoms with van der Waals surface area (Å²) >= 11 is 5.67. The normalized spacial score (nSPS) is 10.2. The van der Waals surface area contributed by atoms with E-state index in [9.17, 15) is 9.18 Å². The summed E-state index contributed by atoms with van der Waals surface area (Å²) in [4.78, 5) is 15.5. The van der Waals surface area contributed by atoms with E-state index in [-0.39, 0.29) is 5.69 Å². The lowest BCUT2D eigenvalue weighted by Gasteiger charge is -2.07. The molecule has 0 aliphatic rings. The Balaban J connectivity index is 2.12. The first kappa shape index (κ1) is 14.3. The van der Waals surface area contributed by atoms with E-state index in [1.165, 1.54) is 18.3 Å². The molecule has 6 heteroatoms. The van der Waals surface area contributed by atoms with E-state index in [4.69, 9.17) is 16.3 Å². The van der Waals surface area contributed by atoms with Gasteiger partial charge in [-0.15, -0.1) is 0 Å². The minimum Gasteiger partial charge on any atom is -0.462 e. The molecule has 0 bridgehead atoms. The van der Waals surface area contributed by atoms with Crippen LogP contribution in [0.5, 0.6) is 0 Å². The molecular weight excluding hydrogens is 283 g/mol. The largest absolute Gasteiger partial charge is 0.462 e. The Hall–Kier alpha value is -2.14. The molecule has 1 heterocycles. The maximum absolute atomic E-state index is 13.6. The van der Waals surface area contributed by atoms with E-state index in [1.807, 2.05) is 0 Å². The average Bonchev–Trinajstić information content (AvgIpc) is 2.43. The second kappa shape index (κ2) is 6.34. The fraction of sp³-hybridized carbons (Fsp3) is 0.143. The van der Waals surface area contributed by atoms with Gasteiger partial charge in [-0.3, -0.25) is 0 Å². The van der Waals surface area contributed by atoms with E-state index >= 15 is 0 Å². The number of hydrogen-bond donors (Lipinski definition) is 1. The van der Waals surface area contributed by atoms with Gasteiger partial charge < -0.3 is 10.1 Å². The molecule has 0 spiro atoms. The molecule has 0 unspecified atom stereocenters. The first-order valence-corrected chi connectivity index (χ1v) is 6.33. The molecule has 0 aliphatic heterocycles. The number of rotatable bonds is 4. The number of nitrogens with zero attached hydrogens (tertiary/aromatic N) is 1. The Morgan fingerprint density at radius 2 is 2.20 bits per heavy atom. The van der Waals surface area contributed by atoms with Crippen LogP contribution in [0.2, 0.25) is 5.02 Å². The zero-order chi connectivity index (χ0) is 14.5. The summed E-state index contributed by atoms with van der Waals surface area (Å²) in [5, 5.41) is 3.12. The number of benzene rings is 1. The van der Waals surface area contributed by atoms with Gasteiger partial charge in [0.2, 0.25) is 0 Å². The molecule has 0 aliphatic carbocycles. The highest BCUT2D eigenvalue weighted by atomic mass is 35.5. The number of nitrogens with one attached hydrogen (secondary N) is 1. The molecule has 1 aromatic heterocycles. The van der Waals surface area contributed by atoms with Gasteiger partial charge in [-0.1, -0.05) is 11.6 Å². The minimum absolute atomic E-state index is 0.255. The van der Waals surface area contributed by atoms with Crippen LogP contribution < -0.4 is 5.32 Å². The van der Waals surface area contributed by atoms with Gasteiger partial charge in [0, 0.05) is 11.2 Å². The average molecular weight is 295 g/mol. The van der Waals surface area contributed by atoms with Crippen molar-refractivity contribution in [2.45, 2.75) is 6.92 Å². The summed E-state index contributed by atoms with van der Waals surface area (Å²) in [6, 6.07) is 7.41. The Morgan fingerprint density at radius 3 is 2.80 bits per heavy atom. The van der Waals surface area contributed by atoms with Crippen molar-refractivity contribution < 1.29 is 13.9 Å². The second-order valence-corrected chi connectivity index (χ2v) is 4.34. The Morgan fingerprint density at radius 1 is 1.40 bits per heavy atom. The maximum Gasteiger partial charge on any atom is 0.339 e. The van der Waals surface area contributed by atoms with Crippen molar-refractivity contribution in [2.75, 3.05) is 11.9 Å². The van der Waals surface area contributed by atoms with Crippen molar-refractivity contribution in [3.63, 3.8) is 0 Å². The number of hydrogen-bond acceptors (Lipinski definition) is 4. The molecule has 1 aromatic carbocycles. The van der Waals surface area contributed by atoms with Crippen LogP contribution >= 0.6 is 11.6 Å². The van der Waals surface area contributed by atoms with Gasteiger partial charge in [0.05, 0.1) is 17.9 Å². The molecule has 0 fully saturated rings. The molecule has 0 saturated heterocycles. The zero-order valence-electron chi connectivity index (χ0n) is 10.7. The highest BCUT2D eigenvalue weighted by molar-refractivity contribution is 6.30. The Labute approximate surface area is 120 Å². The van der Waals surface area contributed by atoms with Crippen molar-refractivity contribution in [1.29, 1.82) is 0 Å². The standard InChI is InChI=1S/C14H12ClFN2O2/c1-2-20-14(19)9-3-6-13(17-8-9)18-12-5-4-10(15)7-11(12)16/h3-8H,2H2,1H3,(H,17,18). The zero-order valence-corrected chi connectivity index (χ0v) is 11.4. The lowest BCUT2D eigenvalue weighted by molar-refractivity contribution is 0.0526. The van der Waals surface area contributed by atoms with Gasteiger partial charge in [0.15, 0.2) is 0 Å². The lowest BCUT2D eigenvalue weighted by atomic mass is 10.2. The van der Waals surface area contributed by atoms with Crippen LogP contribution in [0.4, 0.5) is 15.9 Å². The number of esters is 1. The number of aromatic nitrogens is 1. The van der Waals surface area contributed by atoms with Crippen molar-refractivity contribution in [1.82, 2.24) is 4.98 Å². The molecule has 2 rings (SSSR count). The highest BCUT2D eigenvalue weighted by Crippen LogP contribution is 2.22. The molecule has 0 amide bonds. The topological polar surface area (TPSA) is 51.2 Å². The van der Waals surface area contributed by atoms with E-state index < -0.39 is 11.8 Å². The van der Waals surface area contributed by atoms with Crippen molar-refractivity contribution in [2.24, 2.45) is 0 Å². The summed E-state index contributed by atoms with van der Waals surface area (Å²) in [5.74, 6) is -0.503. The van der Waals surface area contributed by atoms with Crippen LogP contribution in [0.25, 0.3) is 0 Å². The summed E-state index contributed by atoms with van der Waals surface area (Å²) < 4.78 is 18.4. The predicted molar refractivity (Wildman–Crippen MR) is 74.9 cm³/mol. The van der Waals surface area contributed by atoms with Gasteiger partial charge in [0.1, 0.15) is 11.6 Å². The van der Waals surface area contributed by atoms with E-state index in [2.05, 4.69) is 10.3 Å². The van der Waals surface area contributed by atoms with Crippen molar-refractivity contribution >= 4 is 29.1 Å². The second-order valence-electron chi connectivity index (χ2n) is 3.90. The third-order valence-corrected chi connectivity index (χ3v) is 2.70. The maximum atomic E-state index is 13.6. The fourth-order valence-corrected chi connectivity index (χ4v) is 1.69. The number of carbonyl (C=O) groups is 1. The van der Waals surface area contributed by atoms with Gasteiger partial charge in [-0.25, -0.2) is 14.2 Å². The lowest BCUT2D eigenvalue weighted by Crippen LogP contribution is -2.05. The Kier molecular flexibility index (Phi) is 4.53. The van der Waals surface area contributed by atoms with Crippen LogP contribution in [-0.2, 0) is 4.74 Å². The fourth-order valence-electron chi connectivity index (χ4n) is 1.53. The quantitative estimate of drug-likeness (QED) is 0.872. The first-order chi connectivity index (χ1) is 9.60. The van der Waals surface area contributed by atoms with E-state index in [0.717, 1.165) is 0 Å². The van der Waals surface area contributed by atoms with E-state index in [0.29, 0.717) is 23.0 Å². The molecule has 104 valence electrons. The van der Waals surface area contributed by atoms with Gasteiger partial charge in [-0.2, -0.15) is 0 Å². The SMILES string of the molecule is CCOC(=O)c1ccc(Nc2ccc(Cl)cc2F)nc1. The highest BCUT2D eigenvalue weighted by Gasteiger charge is 2.08. The smallest absolute Gasteiger partial charge is 0.339 e. The summed E-state index contributed by atoms with van der Waals surface area (Å²) in [6.45, 7) is 2.03. The Bertz CT molecular complexity index is 617. The van der Waals surface area contributed by atoms with Crippen LogP contribution in [-0.4, -0.2) is 17.6 Å². The van der Waals surface area contributed by atoms with Gasteiger partial charge >= 0.3 is 5.97 Å². The molecule has 0 atom stereocenters. The molecule has 0 radical (unpaired) electrons. The monoisotopic (exact) mass is 294 g/mol. The number of carbonyl (C=O) groups excluding carboxylic acids is 1. The summed E-state index contributed by atoms with van der Waals surface area (Å²) in [7, 11) is 0. The summed E-state index contributed by atoms with van der Waals surface area (Å²) in [5.41, 5.74) is 0.597. The molecular formula is C14H12ClFN2O2.